The molecule has 0 heterocycles. The zero-order valence-corrected chi connectivity index (χ0v) is 13.7. The Morgan fingerprint density at radius 2 is 1.83 bits per heavy atom. The first-order chi connectivity index (χ1) is 10.9. The summed E-state index contributed by atoms with van der Waals surface area (Å²) in [7, 11) is -2.01. The molecule has 0 unspecified atom stereocenters. The fraction of sp³-hybridized carbons (Fsp3) is 0.294. The van der Waals surface area contributed by atoms with Crippen molar-refractivity contribution in [3.63, 3.8) is 0 Å². The van der Waals surface area contributed by atoms with Crippen LogP contribution in [0, 0.1) is 0 Å². The highest BCUT2D eigenvalue weighted by Crippen LogP contribution is 2.48. The van der Waals surface area contributed by atoms with Crippen molar-refractivity contribution in [2.75, 3.05) is 7.11 Å². The van der Waals surface area contributed by atoms with Crippen molar-refractivity contribution in [1.29, 1.82) is 0 Å². The molecule has 23 heavy (non-hydrogen) atoms. The average Bonchev–Trinajstić information content (AvgIpc) is 3.22. The van der Waals surface area contributed by atoms with Gasteiger partial charge in [-0.2, -0.15) is 0 Å². The summed E-state index contributed by atoms with van der Waals surface area (Å²) in [6.45, 7) is 0. The number of sulfonamides is 1. The first kappa shape index (κ1) is 16.0. The summed E-state index contributed by atoms with van der Waals surface area (Å²) in [5.41, 5.74) is 9.58. The predicted molar refractivity (Wildman–Crippen MR) is 90.6 cm³/mol. The van der Waals surface area contributed by atoms with Gasteiger partial charge in [0.1, 0.15) is 5.75 Å². The Bertz CT molecular complexity index is 819. The van der Waals surface area contributed by atoms with Crippen LogP contribution in [-0.4, -0.2) is 21.6 Å². The number of hydrogen-bond donors (Lipinski definition) is 2. The fourth-order valence-corrected chi connectivity index (χ4v) is 3.71. The second-order valence-electron chi connectivity index (χ2n) is 5.89. The van der Waals surface area contributed by atoms with E-state index in [1.54, 1.807) is 19.2 Å². The molecule has 0 spiro atoms. The van der Waals surface area contributed by atoms with Crippen molar-refractivity contribution in [2.45, 2.75) is 24.1 Å². The number of primary sulfonamides is 1. The van der Waals surface area contributed by atoms with Crippen molar-refractivity contribution < 1.29 is 13.2 Å². The van der Waals surface area contributed by atoms with Crippen LogP contribution in [0.5, 0.6) is 5.75 Å². The molecule has 1 aliphatic rings. The third kappa shape index (κ3) is 3.39. The molecule has 2 aromatic carbocycles. The lowest BCUT2D eigenvalue weighted by molar-refractivity contribution is 0.416. The lowest BCUT2D eigenvalue weighted by atomic mass is 9.91. The lowest BCUT2D eigenvalue weighted by Gasteiger charge is -2.18. The maximum absolute atomic E-state index is 11.6. The predicted octanol–water partition coefficient (Wildman–Crippen LogP) is 1.97. The molecular weight excluding hydrogens is 312 g/mol. The molecule has 3 rings (SSSR count). The smallest absolute Gasteiger partial charge is 0.213 e. The van der Waals surface area contributed by atoms with Crippen LogP contribution >= 0.6 is 0 Å². The summed E-state index contributed by atoms with van der Waals surface area (Å²) in [6, 6.07) is 13.4. The van der Waals surface area contributed by atoms with E-state index in [0.29, 0.717) is 11.3 Å². The van der Waals surface area contributed by atoms with Crippen molar-refractivity contribution >= 4 is 10.0 Å². The molecule has 0 bridgehead atoms. The van der Waals surface area contributed by atoms with E-state index in [-0.39, 0.29) is 17.7 Å². The molecule has 2 atom stereocenters. The zero-order valence-electron chi connectivity index (χ0n) is 12.9. The molecule has 2 aromatic rings. The van der Waals surface area contributed by atoms with Crippen molar-refractivity contribution in [2.24, 2.45) is 10.9 Å². The van der Waals surface area contributed by atoms with Crippen LogP contribution < -0.4 is 15.6 Å². The third-order valence-corrected chi connectivity index (χ3v) is 4.86. The van der Waals surface area contributed by atoms with E-state index >= 15 is 0 Å². The first-order valence-electron chi connectivity index (χ1n) is 7.42. The van der Waals surface area contributed by atoms with Crippen LogP contribution in [0.1, 0.15) is 23.5 Å². The SMILES string of the molecule is COc1ccc(CS(N)(=O)=O)c([C@@H]2C[C@H]2N)c1-c1ccccc1. The Morgan fingerprint density at radius 3 is 2.35 bits per heavy atom. The Balaban J connectivity index is 2.24. The molecule has 0 aliphatic heterocycles. The van der Waals surface area contributed by atoms with Crippen LogP contribution in [0.3, 0.4) is 0 Å². The van der Waals surface area contributed by atoms with Crippen LogP contribution in [-0.2, 0) is 15.8 Å². The van der Waals surface area contributed by atoms with Gasteiger partial charge in [-0.05, 0) is 29.2 Å². The number of ether oxygens (including phenoxy) is 1. The number of hydrogen-bond acceptors (Lipinski definition) is 4. The van der Waals surface area contributed by atoms with Gasteiger partial charge in [0.05, 0.1) is 12.9 Å². The van der Waals surface area contributed by atoms with E-state index in [0.717, 1.165) is 23.1 Å². The monoisotopic (exact) mass is 332 g/mol. The third-order valence-electron chi connectivity index (χ3n) is 4.15. The summed E-state index contributed by atoms with van der Waals surface area (Å²) in [6.07, 6.45) is 0.838. The highest BCUT2D eigenvalue weighted by atomic mass is 32.2. The Hall–Kier alpha value is -1.89. The van der Waals surface area contributed by atoms with Gasteiger partial charge in [0.25, 0.3) is 0 Å². The van der Waals surface area contributed by atoms with Crippen LogP contribution in [0.25, 0.3) is 11.1 Å². The fourth-order valence-electron chi connectivity index (χ4n) is 3.03. The molecule has 1 saturated carbocycles. The minimum atomic E-state index is -3.62. The molecule has 1 aliphatic carbocycles. The van der Waals surface area contributed by atoms with Gasteiger partial charge in [-0.25, -0.2) is 13.6 Å². The van der Waals surface area contributed by atoms with E-state index in [9.17, 15) is 8.42 Å². The molecule has 0 amide bonds. The topological polar surface area (TPSA) is 95.4 Å². The maximum atomic E-state index is 11.6. The number of benzene rings is 2. The molecule has 6 heteroatoms. The molecule has 0 saturated heterocycles. The van der Waals surface area contributed by atoms with Gasteiger partial charge >= 0.3 is 0 Å². The second kappa shape index (κ2) is 5.96. The van der Waals surface area contributed by atoms with Crippen LogP contribution in [0.2, 0.25) is 0 Å². The van der Waals surface area contributed by atoms with Crippen LogP contribution in [0.15, 0.2) is 42.5 Å². The zero-order chi connectivity index (χ0) is 16.6. The summed E-state index contributed by atoms with van der Waals surface area (Å²) in [4.78, 5) is 0. The average molecular weight is 332 g/mol. The standard InChI is InChI=1S/C17H20N2O3S/c1-22-15-8-7-12(10-23(19,20)21)16(13-9-14(13)18)17(15)11-5-3-2-4-6-11/h2-8,13-14H,9-10,18H2,1H3,(H2,19,20,21)/t13-,14-/m1/s1. The van der Waals surface area contributed by atoms with Gasteiger partial charge in [0.2, 0.25) is 10.0 Å². The quantitative estimate of drug-likeness (QED) is 0.875. The van der Waals surface area contributed by atoms with E-state index in [1.807, 2.05) is 30.3 Å². The summed E-state index contributed by atoms with van der Waals surface area (Å²) in [5.74, 6) is 0.649. The molecule has 4 N–H and O–H groups in total. The van der Waals surface area contributed by atoms with E-state index in [2.05, 4.69) is 0 Å². The van der Waals surface area contributed by atoms with Gasteiger partial charge in [-0.15, -0.1) is 0 Å². The Kier molecular flexibility index (Phi) is 4.14. The summed E-state index contributed by atoms with van der Waals surface area (Å²) < 4.78 is 28.7. The summed E-state index contributed by atoms with van der Waals surface area (Å²) >= 11 is 0. The van der Waals surface area contributed by atoms with Gasteiger partial charge in [0, 0.05) is 17.5 Å². The molecule has 122 valence electrons. The van der Waals surface area contributed by atoms with Crippen molar-refractivity contribution in [1.82, 2.24) is 0 Å². The molecule has 0 radical (unpaired) electrons. The lowest BCUT2D eigenvalue weighted by Crippen LogP contribution is -2.16. The molecule has 1 fully saturated rings. The van der Waals surface area contributed by atoms with Crippen molar-refractivity contribution in [3.8, 4) is 16.9 Å². The summed E-state index contributed by atoms with van der Waals surface area (Å²) in [5, 5.41) is 5.26. The van der Waals surface area contributed by atoms with E-state index < -0.39 is 10.0 Å². The highest BCUT2D eigenvalue weighted by Gasteiger charge is 2.39. The minimum Gasteiger partial charge on any atom is -0.496 e. The Labute approximate surface area is 136 Å². The minimum absolute atomic E-state index is 0.0452. The normalized spacial score (nSPS) is 20.3. The van der Waals surface area contributed by atoms with Crippen LogP contribution in [0.4, 0.5) is 0 Å². The first-order valence-corrected chi connectivity index (χ1v) is 9.13. The van der Waals surface area contributed by atoms with Crippen molar-refractivity contribution in [3.05, 3.63) is 53.6 Å². The molecular formula is C17H20N2O3S. The van der Waals surface area contributed by atoms with Gasteiger partial charge in [-0.1, -0.05) is 36.4 Å². The number of nitrogens with two attached hydrogens (primary N) is 2. The number of methoxy groups -OCH3 is 1. The second-order valence-corrected chi connectivity index (χ2v) is 7.51. The number of rotatable bonds is 5. The molecule has 0 aromatic heterocycles. The van der Waals surface area contributed by atoms with E-state index in [4.69, 9.17) is 15.6 Å². The maximum Gasteiger partial charge on any atom is 0.213 e. The van der Waals surface area contributed by atoms with Gasteiger partial charge < -0.3 is 10.5 Å². The van der Waals surface area contributed by atoms with Gasteiger partial charge in [-0.3, -0.25) is 0 Å². The Morgan fingerprint density at radius 1 is 1.17 bits per heavy atom. The van der Waals surface area contributed by atoms with E-state index in [1.165, 1.54) is 0 Å². The largest absolute Gasteiger partial charge is 0.496 e. The van der Waals surface area contributed by atoms with Gasteiger partial charge in [0.15, 0.2) is 0 Å². The highest BCUT2D eigenvalue weighted by molar-refractivity contribution is 7.88. The molecule has 5 nitrogen and oxygen atoms in total.